The molecular weight excluding hydrogens is 751 g/mol. The third-order valence-corrected chi connectivity index (χ3v) is 12.5. The number of nitrogens with zero attached hydrogens (tertiary/aromatic N) is 1. The second-order valence-electron chi connectivity index (χ2n) is 16.1. The second kappa shape index (κ2) is 14.8. The number of fused-ring (bicyclic) bond motifs is 7. The van der Waals surface area contributed by atoms with E-state index < -0.39 is 0 Å². The number of benzene rings is 11. The highest BCUT2D eigenvalue weighted by Crippen LogP contribution is 2.46. The van der Waals surface area contributed by atoms with E-state index in [4.69, 9.17) is 4.42 Å². The molecule has 1 heterocycles. The molecule has 0 saturated carbocycles. The molecule has 0 radical (unpaired) electrons. The minimum Gasteiger partial charge on any atom is -0.455 e. The Morgan fingerprint density at radius 3 is 1.35 bits per heavy atom. The van der Waals surface area contributed by atoms with Gasteiger partial charge in [0.2, 0.25) is 0 Å². The predicted octanol–water partition coefficient (Wildman–Crippen LogP) is 17.2. The van der Waals surface area contributed by atoms with Gasteiger partial charge in [0.25, 0.3) is 0 Å². The monoisotopic (exact) mass is 789 g/mol. The van der Waals surface area contributed by atoms with Crippen molar-refractivity contribution in [3.8, 4) is 44.5 Å². The molecule has 2 heteroatoms. The van der Waals surface area contributed by atoms with Crippen molar-refractivity contribution >= 4 is 71.3 Å². The molecule has 0 aliphatic carbocycles. The summed E-state index contributed by atoms with van der Waals surface area (Å²) in [5.41, 5.74) is 14.4. The summed E-state index contributed by atoms with van der Waals surface area (Å²) in [6, 6.07) is 85.5. The molecule has 0 aliphatic rings. The zero-order chi connectivity index (χ0) is 41.0. The Bertz CT molecular complexity index is 3620. The molecular formula is C60H39NO. The van der Waals surface area contributed by atoms with Gasteiger partial charge in [0, 0.05) is 33.1 Å². The minimum atomic E-state index is 0.880. The standard InChI is InChI=1S/C60H39NO/c1-3-13-47-38-49(26-24-40(47)10-1)44-22-20-42(21-23-44)43-28-33-51(34-29-43)61(52-35-30-45(31-36-52)50-27-25-41-11-2-4-14-48(41)39-50)57-18-8-7-16-54(57)55-17-9-19-58-59(55)56-37-32-46-12-5-6-15-53(46)60(56)62-58/h1-39H. The van der Waals surface area contributed by atoms with Crippen LogP contribution in [0.1, 0.15) is 0 Å². The van der Waals surface area contributed by atoms with Crippen molar-refractivity contribution in [2.45, 2.75) is 0 Å². The number of furan rings is 1. The van der Waals surface area contributed by atoms with Crippen LogP contribution in [0.25, 0.3) is 98.8 Å². The van der Waals surface area contributed by atoms with Crippen molar-refractivity contribution in [2.75, 3.05) is 4.90 Å². The Balaban J connectivity index is 0.964. The maximum atomic E-state index is 6.67. The van der Waals surface area contributed by atoms with Gasteiger partial charge in [-0.25, -0.2) is 0 Å². The molecule has 0 bridgehead atoms. The Morgan fingerprint density at radius 1 is 0.290 bits per heavy atom. The smallest absolute Gasteiger partial charge is 0.143 e. The normalized spacial score (nSPS) is 11.5. The van der Waals surface area contributed by atoms with Crippen LogP contribution in [0, 0.1) is 0 Å². The van der Waals surface area contributed by atoms with Crippen LogP contribution in [0.2, 0.25) is 0 Å². The fourth-order valence-electron chi connectivity index (χ4n) is 9.30. The lowest BCUT2D eigenvalue weighted by molar-refractivity contribution is 0.673. The van der Waals surface area contributed by atoms with Gasteiger partial charge in [0.1, 0.15) is 11.2 Å². The van der Waals surface area contributed by atoms with Crippen molar-refractivity contribution in [3.05, 3.63) is 237 Å². The predicted molar refractivity (Wildman–Crippen MR) is 263 cm³/mol. The van der Waals surface area contributed by atoms with Crippen LogP contribution in [0.4, 0.5) is 17.1 Å². The number of rotatable bonds is 7. The molecule has 1 aromatic heterocycles. The summed E-state index contributed by atoms with van der Waals surface area (Å²) in [6.45, 7) is 0. The van der Waals surface area contributed by atoms with Gasteiger partial charge < -0.3 is 9.32 Å². The van der Waals surface area contributed by atoms with Gasteiger partial charge in [-0.15, -0.1) is 0 Å². The van der Waals surface area contributed by atoms with Gasteiger partial charge in [-0.1, -0.05) is 182 Å². The molecule has 0 N–H and O–H groups in total. The van der Waals surface area contributed by atoms with Gasteiger partial charge in [-0.2, -0.15) is 0 Å². The van der Waals surface area contributed by atoms with Crippen LogP contribution >= 0.6 is 0 Å². The van der Waals surface area contributed by atoms with E-state index in [-0.39, 0.29) is 0 Å². The minimum absolute atomic E-state index is 0.880. The summed E-state index contributed by atoms with van der Waals surface area (Å²) in [5.74, 6) is 0. The zero-order valence-corrected chi connectivity index (χ0v) is 33.9. The third kappa shape index (κ3) is 6.20. The van der Waals surface area contributed by atoms with Gasteiger partial charge in [0.05, 0.1) is 5.69 Å². The summed E-state index contributed by atoms with van der Waals surface area (Å²) in [7, 11) is 0. The molecule has 0 amide bonds. The fourth-order valence-corrected chi connectivity index (χ4v) is 9.30. The summed E-state index contributed by atoms with van der Waals surface area (Å²) in [6.07, 6.45) is 0. The largest absolute Gasteiger partial charge is 0.455 e. The molecule has 0 atom stereocenters. The van der Waals surface area contributed by atoms with Crippen LogP contribution in [-0.2, 0) is 0 Å². The van der Waals surface area contributed by atoms with Crippen LogP contribution in [0.5, 0.6) is 0 Å². The van der Waals surface area contributed by atoms with Crippen molar-refractivity contribution in [1.82, 2.24) is 0 Å². The number of anilines is 3. The average molecular weight is 790 g/mol. The second-order valence-corrected chi connectivity index (χ2v) is 16.1. The summed E-state index contributed by atoms with van der Waals surface area (Å²) in [4.78, 5) is 2.39. The molecule has 2 nitrogen and oxygen atoms in total. The fraction of sp³-hybridized carbons (Fsp3) is 0. The van der Waals surface area contributed by atoms with E-state index in [1.54, 1.807) is 0 Å². The van der Waals surface area contributed by atoms with E-state index >= 15 is 0 Å². The molecule has 0 unspecified atom stereocenters. The van der Waals surface area contributed by atoms with Crippen LogP contribution in [-0.4, -0.2) is 0 Å². The first-order chi connectivity index (χ1) is 30.7. The van der Waals surface area contributed by atoms with E-state index in [1.165, 1.54) is 60.3 Å². The number of hydrogen-bond acceptors (Lipinski definition) is 2. The first kappa shape index (κ1) is 35.7. The van der Waals surface area contributed by atoms with Gasteiger partial charge in [-0.05, 0) is 120 Å². The maximum absolute atomic E-state index is 6.67. The van der Waals surface area contributed by atoms with Crippen molar-refractivity contribution < 1.29 is 4.42 Å². The average Bonchev–Trinajstić information content (AvgIpc) is 3.74. The van der Waals surface area contributed by atoms with Gasteiger partial charge >= 0.3 is 0 Å². The van der Waals surface area contributed by atoms with Crippen LogP contribution < -0.4 is 4.90 Å². The highest BCUT2D eigenvalue weighted by molar-refractivity contribution is 6.19. The molecule has 12 rings (SSSR count). The Labute approximate surface area is 360 Å². The number of para-hydroxylation sites is 1. The van der Waals surface area contributed by atoms with E-state index in [0.29, 0.717) is 0 Å². The highest BCUT2D eigenvalue weighted by Gasteiger charge is 2.21. The Kier molecular flexibility index (Phi) is 8.53. The lowest BCUT2D eigenvalue weighted by atomic mass is 9.95. The van der Waals surface area contributed by atoms with E-state index in [0.717, 1.165) is 55.5 Å². The number of hydrogen-bond donors (Lipinski definition) is 0. The first-order valence-electron chi connectivity index (χ1n) is 21.2. The zero-order valence-electron chi connectivity index (χ0n) is 33.9. The summed E-state index contributed by atoms with van der Waals surface area (Å²) >= 11 is 0. The SMILES string of the molecule is c1ccc(N(c2ccc(-c3ccc(-c4ccc5ccccc5c4)cc3)cc2)c2ccc(-c3ccc4ccccc4c3)cc2)c(-c2cccc3oc4c5ccccc5ccc4c23)c1. The molecule has 11 aromatic carbocycles. The molecule has 0 aliphatic heterocycles. The lowest BCUT2D eigenvalue weighted by Gasteiger charge is -2.28. The quantitative estimate of drug-likeness (QED) is 0.160. The van der Waals surface area contributed by atoms with Crippen LogP contribution in [0.15, 0.2) is 241 Å². The van der Waals surface area contributed by atoms with Gasteiger partial charge in [-0.3, -0.25) is 0 Å². The molecule has 62 heavy (non-hydrogen) atoms. The third-order valence-electron chi connectivity index (χ3n) is 12.5. The lowest BCUT2D eigenvalue weighted by Crippen LogP contribution is -2.11. The van der Waals surface area contributed by atoms with Gasteiger partial charge in [0.15, 0.2) is 0 Å². The summed E-state index contributed by atoms with van der Waals surface area (Å²) < 4.78 is 6.67. The first-order valence-corrected chi connectivity index (χ1v) is 21.2. The van der Waals surface area contributed by atoms with Crippen molar-refractivity contribution in [3.63, 3.8) is 0 Å². The topological polar surface area (TPSA) is 16.4 Å². The van der Waals surface area contributed by atoms with Crippen LogP contribution in [0.3, 0.4) is 0 Å². The highest BCUT2D eigenvalue weighted by atomic mass is 16.3. The molecule has 0 spiro atoms. The maximum Gasteiger partial charge on any atom is 0.143 e. The molecule has 0 fully saturated rings. The molecule has 12 aromatic rings. The van der Waals surface area contributed by atoms with Crippen molar-refractivity contribution in [1.29, 1.82) is 0 Å². The molecule has 0 saturated heterocycles. The van der Waals surface area contributed by atoms with Crippen molar-refractivity contribution in [2.24, 2.45) is 0 Å². The van der Waals surface area contributed by atoms with E-state index in [2.05, 4.69) is 241 Å². The summed E-state index contributed by atoms with van der Waals surface area (Å²) in [5, 5.41) is 9.52. The Hall–Kier alpha value is -8.20. The van der Waals surface area contributed by atoms with E-state index in [1.807, 2.05) is 0 Å². The Morgan fingerprint density at radius 2 is 0.742 bits per heavy atom. The molecule has 290 valence electrons. The van der Waals surface area contributed by atoms with E-state index in [9.17, 15) is 0 Å².